The highest BCUT2D eigenvalue weighted by molar-refractivity contribution is 5.71. The molecule has 1 amide bonds. The lowest BCUT2D eigenvalue weighted by molar-refractivity contribution is 0.127. The van der Waals surface area contributed by atoms with Crippen LogP contribution in [-0.2, 0) is 0 Å². The number of hydrogen-bond acceptors (Lipinski definition) is 3. The molecule has 0 heterocycles. The minimum absolute atomic E-state index is 0.218. The quantitative estimate of drug-likeness (QED) is 0.829. The molecule has 110 valence electrons. The first-order chi connectivity index (χ1) is 9.66. The Kier molecular flexibility index (Phi) is 5.41. The maximum Gasteiger partial charge on any atom is 0.415 e. The van der Waals surface area contributed by atoms with Crippen molar-refractivity contribution in [1.82, 2.24) is 9.80 Å². The van der Waals surface area contributed by atoms with Gasteiger partial charge in [0.2, 0.25) is 0 Å². The number of carbonyl (C=O) groups excluding carboxylic acids is 1. The van der Waals surface area contributed by atoms with Crippen LogP contribution in [-0.4, -0.2) is 49.1 Å². The Labute approximate surface area is 121 Å². The molecular weight excluding hydrogens is 252 g/mol. The Bertz CT molecular complexity index is 414. The highest BCUT2D eigenvalue weighted by atomic mass is 16.6. The average Bonchev–Trinajstić information content (AvgIpc) is 2.93. The normalized spacial score (nSPS) is 15.6. The molecule has 0 aromatic heterocycles. The summed E-state index contributed by atoms with van der Waals surface area (Å²) in [5, 5.41) is 0. The summed E-state index contributed by atoms with van der Waals surface area (Å²) in [6.45, 7) is 1.59. The first-order valence-corrected chi connectivity index (χ1v) is 7.35. The Hall–Kier alpha value is -1.55. The summed E-state index contributed by atoms with van der Waals surface area (Å²) in [4.78, 5) is 16.4. The van der Waals surface area contributed by atoms with Gasteiger partial charge in [0.1, 0.15) is 5.75 Å². The third kappa shape index (κ3) is 4.23. The van der Waals surface area contributed by atoms with E-state index in [-0.39, 0.29) is 6.09 Å². The molecule has 0 bridgehead atoms. The second-order valence-corrected chi connectivity index (χ2v) is 5.62. The molecule has 1 aliphatic rings. The Balaban J connectivity index is 1.99. The number of ether oxygens (including phenoxy) is 1. The summed E-state index contributed by atoms with van der Waals surface area (Å²) in [6.07, 6.45) is 4.39. The van der Waals surface area contributed by atoms with Crippen molar-refractivity contribution in [3.63, 3.8) is 0 Å². The van der Waals surface area contributed by atoms with Gasteiger partial charge in [-0.25, -0.2) is 4.79 Å². The molecule has 0 N–H and O–H groups in total. The highest BCUT2D eigenvalue weighted by Gasteiger charge is 2.27. The van der Waals surface area contributed by atoms with Crippen LogP contribution in [0.2, 0.25) is 0 Å². The summed E-state index contributed by atoms with van der Waals surface area (Å²) in [5.74, 6) is 0.616. The minimum atomic E-state index is -0.218. The van der Waals surface area contributed by atoms with Gasteiger partial charge in [-0.2, -0.15) is 0 Å². The van der Waals surface area contributed by atoms with E-state index in [0.29, 0.717) is 11.8 Å². The lowest BCUT2D eigenvalue weighted by atomic mass is 10.2. The maximum absolute atomic E-state index is 12.4. The number of rotatable bonds is 5. The van der Waals surface area contributed by atoms with Crippen LogP contribution in [0.25, 0.3) is 0 Å². The minimum Gasteiger partial charge on any atom is -0.410 e. The van der Waals surface area contributed by atoms with Crippen LogP contribution in [0.1, 0.15) is 25.7 Å². The molecule has 0 atom stereocenters. The van der Waals surface area contributed by atoms with Crippen molar-refractivity contribution in [2.75, 3.05) is 27.2 Å². The fourth-order valence-electron chi connectivity index (χ4n) is 2.59. The molecule has 20 heavy (non-hydrogen) atoms. The zero-order chi connectivity index (χ0) is 14.4. The second-order valence-electron chi connectivity index (χ2n) is 5.62. The van der Waals surface area contributed by atoms with Crippen molar-refractivity contribution in [3.8, 4) is 5.75 Å². The molecule has 1 aromatic rings. The van der Waals surface area contributed by atoms with Crippen molar-refractivity contribution in [2.45, 2.75) is 31.7 Å². The third-order valence-electron chi connectivity index (χ3n) is 3.74. The zero-order valence-electron chi connectivity index (χ0n) is 12.4. The van der Waals surface area contributed by atoms with Crippen LogP contribution >= 0.6 is 0 Å². The van der Waals surface area contributed by atoms with Gasteiger partial charge in [0, 0.05) is 19.1 Å². The van der Waals surface area contributed by atoms with Gasteiger partial charge < -0.3 is 14.5 Å². The summed E-state index contributed by atoms with van der Waals surface area (Å²) in [5.41, 5.74) is 0. The van der Waals surface area contributed by atoms with E-state index in [2.05, 4.69) is 4.90 Å². The molecule has 0 spiro atoms. The zero-order valence-corrected chi connectivity index (χ0v) is 12.4. The summed E-state index contributed by atoms with van der Waals surface area (Å²) in [7, 11) is 4.05. The average molecular weight is 276 g/mol. The van der Waals surface area contributed by atoms with E-state index in [1.807, 2.05) is 49.3 Å². The maximum atomic E-state index is 12.4. The van der Waals surface area contributed by atoms with Crippen LogP contribution in [0.3, 0.4) is 0 Å². The topological polar surface area (TPSA) is 32.8 Å². The SMILES string of the molecule is CN(C)CCN(C(=O)Oc1ccccc1)C1CCCC1. The predicted molar refractivity (Wildman–Crippen MR) is 80.0 cm³/mol. The molecule has 0 aliphatic heterocycles. The van der Waals surface area contributed by atoms with Crippen molar-refractivity contribution >= 4 is 6.09 Å². The van der Waals surface area contributed by atoms with Gasteiger partial charge in [0.05, 0.1) is 0 Å². The smallest absolute Gasteiger partial charge is 0.410 e. The summed E-state index contributed by atoms with van der Waals surface area (Å²) >= 11 is 0. The molecule has 2 rings (SSSR count). The fourth-order valence-corrected chi connectivity index (χ4v) is 2.59. The van der Waals surface area contributed by atoms with Gasteiger partial charge in [0.15, 0.2) is 0 Å². The van der Waals surface area contributed by atoms with E-state index < -0.39 is 0 Å². The first-order valence-electron chi connectivity index (χ1n) is 7.35. The van der Waals surface area contributed by atoms with Crippen molar-refractivity contribution in [1.29, 1.82) is 0 Å². The lowest BCUT2D eigenvalue weighted by Gasteiger charge is -2.29. The number of hydrogen-bond donors (Lipinski definition) is 0. The molecule has 0 radical (unpaired) electrons. The lowest BCUT2D eigenvalue weighted by Crippen LogP contribution is -2.44. The molecule has 1 fully saturated rings. The van der Waals surface area contributed by atoms with Gasteiger partial charge in [-0.05, 0) is 39.1 Å². The van der Waals surface area contributed by atoms with Crippen molar-refractivity contribution in [3.05, 3.63) is 30.3 Å². The van der Waals surface area contributed by atoms with E-state index in [0.717, 1.165) is 25.9 Å². The van der Waals surface area contributed by atoms with Gasteiger partial charge in [-0.1, -0.05) is 31.0 Å². The van der Waals surface area contributed by atoms with Crippen molar-refractivity contribution < 1.29 is 9.53 Å². The van der Waals surface area contributed by atoms with E-state index in [1.54, 1.807) is 0 Å². The Morgan fingerprint density at radius 2 is 1.80 bits per heavy atom. The third-order valence-corrected chi connectivity index (χ3v) is 3.74. The van der Waals surface area contributed by atoms with Crippen LogP contribution in [0, 0.1) is 0 Å². The Morgan fingerprint density at radius 1 is 1.15 bits per heavy atom. The van der Waals surface area contributed by atoms with E-state index in [4.69, 9.17) is 4.74 Å². The van der Waals surface area contributed by atoms with Crippen LogP contribution in [0.5, 0.6) is 5.75 Å². The number of likely N-dealkylation sites (N-methyl/N-ethyl adjacent to an activating group) is 1. The molecule has 4 heteroatoms. The van der Waals surface area contributed by atoms with E-state index in [1.165, 1.54) is 12.8 Å². The van der Waals surface area contributed by atoms with E-state index >= 15 is 0 Å². The monoisotopic (exact) mass is 276 g/mol. The molecule has 0 saturated heterocycles. The highest BCUT2D eigenvalue weighted by Crippen LogP contribution is 2.24. The molecule has 4 nitrogen and oxygen atoms in total. The summed E-state index contributed by atoms with van der Waals surface area (Å²) in [6, 6.07) is 9.64. The van der Waals surface area contributed by atoms with Gasteiger partial charge in [-0.15, -0.1) is 0 Å². The van der Waals surface area contributed by atoms with Crippen LogP contribution in [0.15, 0.2) is 30.3 Å². The molecule has 1 aliphatic carbocycles. The van der Waals surface area contributed by atoms with E-state index in [9.17, 15) is 4.79 Å². The molecular formula is C16H24N2O2. The summed E-state index contributed by atoms with van der Waals surface area (Å²) < 4.78 is 5.49. The first kappa shape index (κ1) is 14.9. The van der Waals surface area contributed by atoms with Crippen LogP contribution < -0.4 is 4.74 Å². The second kappa shape index (κ2) is 7.29. The van der Waals surface area contributed by atoms with Gasteiger partial charge in [-0.3, -0.25) is 0 Å². The van der Waals surface area contributed by atoms with Crippen molar-refractivity contribution in [2.24, 2.45) is 0 Å². The molecule has 0 unspecified atom stereocenters. The number of benzene rings is 1. The number of nitrogens with zero attached hydrogens (tertiary/aromatic N) is 2. The predicted octanol–water partition coefficient (Wildman–Crippen LogP) is 2.99. The number of amides is 1. The molecule has 1 saturated carbocycles. The van der Waals surface area contributed by atoms with Crippen LogP contribution in [0.4, 0.5) is 4.79 Å². The molecule has 1 aromatic carbocycles. The number of para-hydroxylation sites is 1. The largest absolute Gasteiger partial charge is 0.415 e. The fraction of sp³-hybridized carbons (Fsp3) is 0.562. The van der Waals surface area contributed by atoms with Gasteiger partial charge >= 0.3 is 6.09 Å². The van der Waals surface area contributed by atoms with Gasteiger partial charge in [0.25, 0.3) is 0 Å². The Morgan fingerprint density at radius 3 is 2.40 bits per heavy atom. The number of carbonyl (C=O) groups is 1. The standard InChI is InChI=1S/C16H24N2O2/c1-17(2)12-13-18(14-8-6-7-9-14)16(19)20-15-10-4-3-5-11-15/h3-5,10-11,14H,6-9,12-13H2,1-2H3.